The maximum absolute atomic E-state index is 11.8. The molecule has 132 valence electrons. The quantitative estimate of drug-likeness (QED) is 0.629. The second-order valence-electron chi connectivity index (χ2n) is 9.40. The number of carbonyl (C=O) groups is 1. The van der Waals surface area contributed by atoms with E-state index in [2.05, 4.69) is 45.5 Å². The minimum absolute atomic E-state index is 0.154. The van der Waals surface area contributed by atoms with Crippen LogP contribution in [0, 0.1) is 28.6 Å². The molecule has 4 aliphatic rings. The molecule has 4 aliphatic carbocycles. The van der Waals surface area contributed by atoms with E-state index in [0.29, 0.717) is 5.41 Å². The van der Waals surface area contributed by atoms with Crippen LogP contribution in [0.15, 0.2) is 23.8 Å². The molecule has 2 heteroatoms. The minimum Gasteiger partial charge on any atom is -0.290 e. The molecular weight excluding hydrogens is 312 g/mol. The Morgan fingerprint density at radius 3 is 2.67 bits per heavy atom. The van der Waals surface area contributed by atoms with Crippen molar-refractivity contribution in [2.45, 2.75) is 76.7 Å². The van der Waals surface area contributed by atoms with Crippen LogP contribution in [0.4, 0.5) is 0 Å². The fourth-order valence-electron chi connectivity index (χ4n) is 6.70. The molecule has 3 saturated carbocycles. The van der Waals surface area contributed by atoms with E-state index in [-0.39, 0.29) is 11.2 Å². The number of hydrogen-bond acceptors (Lipinski definition) is 2. The first kappa shape index (κ1) is 16.9. The fourth-order valence-corrected chi connectivity index (χ4v) is 8.23. The van der Waals surface area contributed by atoms with Crippen molar-refractivity contribution in [3.63, 3.8) is 0 Å². The average Bonchev–Trinajstić information content (AvgIpc) is 2.84. The van der Waals surface area contributed by atoms with E-state index in [1.807, 2.05) is 12.2 Å². The highest BCUT2D eigenvalue weighted by Crippen LogP contribution is 2.66. The van der Waals surface area contributed by atoms with Gasteiger partial charge in [-0.1, -0.05) is 39.3 Å². The highest BCUT2D eigenvalue weighted by Gasteiger charge is 2.58. The van der Waals surface area contributed by atoms with Gasteiger partial charge in [-0.05, 0) is 79.1 Å². The van der Waals surface area contributed by atoms with E-state index in [9.17, 15) is 4.79 Å². The molecule has 0 aromatic heterocycles. The number of thioether (sulfide) groups is 1. The third kappa shape index (κ3) is 2.39. The van der Waals surface area contributed by atoms with Gasteiger partial charge in [0.1, 0.15) is 0 Å². The number of hydrogen-bond donors (Lipinski definition) is 0. The number of ketones is 1. The molecule has 0 radical (unpaired) electrons. The van der Waals surface area contributed by atoms with Gasteiger partial charge in [0.25, 0.3) is 0 Å². The molecule has 0 bridgehead atoms. The summed E-state index contributed by atoms with van der Waals surface area (Å²) in [4.78, 5) is 11.8. The summed E-state index contributed by atoms with van der Waals surface area (Å²) in [7, 11) is 0. The van der Waals surface area contributed by atoms with Gasteiger partial charge < -0.3 is 0 Å². The van der Waals surface area contributed by atoms with Crippen molar-refractivity contribution in [3.8, 4) is 0 Å². The van der Waals surface area contributed by atoms with Crippen LogP contribution in [0.25, 0.3) is 0 Å². The molecule has 0 aliphatic heterocycles. The van der Waals surface area contributed by atoms with Crippen molar-refractivity contribution < 1.29 is 4.79 Å². The Morgan fingerprint density at radius 2 is 1.92 bits per heavy atom. The fraction of sp³-hybridized carbons (Fsp3) is 0.773. The third-order valence-electron chi connectivity index (χ3n) is 7.91. The van der Waals surface area contributed by atoms with E-state index in [1.165, 1.54) is 37.7 Å². The highest BCUT2D eigenvalue weighted by atomic mass is 32.2. The molecular formula is C22H32OS. The Labute approximate surface area is 151 Å². The van der Waals surface area contributed by atoms with Crippen molar-refractivity contribution in [2.75, 3.05) is 0 Å². The number of carbonyl (C=O) groups excluding carboxylic acids is 1. The van der Waals surface area contributed by atoms with Gasteiger partial charge in [0.2, 0.25) is 0 Å². The zero-order valence-electron chi connectivity index (χ0n) is 15.7. The molecule has 0 N–H and O–H groups in total. The zero-order valence-corrected chi connectivity index (χ0v) is 16.5. The molecule has 0 aromatic carbocycles. The van der Waals surface area contributed by atoms with Gasteiger partial charge in [-0.3, -0.25) is 4.79 Å². The summed E-state index contributed by atoms with van der Waals surface area (Å²) in [5.41, 5.74) is 2.12. The Bertz CT molecular complexity index is 603. The average molecular weight is 345 g/mol. The first-order valence-corrected chi connectivity index (χ1v) is 10.9. The summed E-state index contributed by atoms with van der Waals surface area (Å²) >= 11 is 2.24. The van der Waals surface area contributed by atoms with Crippen molar-refractivity contribution in [1.29, 1.82) is 0 Å². The molecule has 4 rings (SSSR count). The molecule has 0 heterocycles. The Hall–Kier alpha value is -0.500. The van der Waals surface area contributed by atoms with E-state index < -0.39 is 0 Å². The lowest BCUT2D eigenvalue weighted by atomic mass is 9.48. The molecule has 6 atom stereocenters. The van der Waals surface area contributed by atoms with Gasteiger partial charge >= 0.3 is 0 Å². The van der Waals surface area contributed by atoms with Crippen LogP contribution in [0.1, 0.15) is 66.2 Å². The van der Waals surface area contributed by atoms with Gasteiger partial charge in [-0.15, -0.1) is 0 Å². The second kappa shape index (κ2) is 5.76. The van der Waals surface area contributed by atoms with Gasteiger partial charge in [0, 0.05) is 10.7 Å². The Morgan fingerprint density at radius 1 is 1.12 bits per heavy atom. The summed E-state index contributed by atoms with van der Waals surface area (Å²) in [6.45, 7) is 9.73. The first-order chi connectivity index (χ1) is 11.3. The first-order valence-electron chi connectivity index (χ1n) is 9.94. The topological polar surface area (TPSA) is 17.1 Å². The minimum atomic E-state index is 0.154. The van der Waals surface area contributed by atoms with Crippen molar-refractivity contribution in [3.05, 3.63) is 23.8 Å². The summed E-state index contributed by atoms with van der Waals surface area (Å²) in [6.07, 6.45) is 14.1. The standard InChI is InChI=1S/C22H32OS/c1-14(2)24-20-8-7-18-17-6-5-15-13-16(23)9-11-21(15,3)19(17)10-12-22(18,20)4/h9,11,13-14,17-20H,5-8,10,12H2,1-4H3/t17-,18-,19-,20-,21-,22-/m0/s1. The van der Waals surface area contributed by atoms with Crippen LogP contribution >= 0.6 is 11.8 Å². The van der Waals surface area contributed by atoms with Crippen LogP contribution in [0.2, 0.25) is 0 Å². The summed E-state index contributed by atoms with van der Waals surface area (Å²) in [5, 5.41) is 1.60. The lowest BCUT2D eigenvalue weighted by molar-refractivity contribution is -0.111. The Kier molecular flexibility index (Phi) is 4.06. The molecule has 0 saturated heterocycles. The van der Waals surface area contributed by atoms with Gasteiger partial charge in [0.05, 0.1) is 0 Å². The number of fused-ring (bicyclic) bond motifs is 5. The van der Waals surface area contributed by atoms with Crippen LogP contribution in [0.3, 0.4) is 0 Å². The highest BCUT2D eigenvalue weighted by molar-refractivity contribution is 8.00. The molecule has 0 unspecified atom stereocenters. The van der Waals surface area contributed by atoms with Gasteiger partial charge in [-0.25, -0.2) is 0 Å². The lowest BCUT2D eigenvalue weighted by Gasteiger charge is -2.57. The van der Waals surface area contributed by atoms with Gasteiger partial charge in [-0.2, -0.15) is 11.8 Å². The number of rotatable bonds is 2. The molecule has 1 nitrogen and oxygen atoms in total. The van der Waals surface area contributed by atoms with Crippen molar-refractivity contribution in [1.82, 2.24) is 0 Å². The molecule has 24 heavy (non-hydrogen) atoms. The molecule has 0 spiro atoms. The van der Waals surface area contributed by atoms with Crippen LogP contribution in [-0.2, 0) is 4.79 Å². The zero-order chi connectivity index (χ0) is 17.1. The van der Waals surface area contributed by atoms with Crippen LogP contribution in [-0.4, -0.2) is 16.3 Å². The van der Waals surface area contributed by atoms with Crippen LogP contribution < -0.4 is 0 Å². The summed E-state index contributed by atoms with van der Waals surface area (Å²) in [5.74, 6) is 2.72. The normalized spacial score (nSPS) is 47.2. The van der Waals surface area contributed by atoms with Crippen LogP contribution in [0.5, 0.6) is 0 Å². The Balaban J connectivity index is 1.62. The van der Waals surface area contributed by atoms with Crippen molar-refractivity contribution >= 4 is 17.5 Å². The molecule has 0 aromatic rings. The van der Waals surface area contributed by atoms with E-state index in [1.54, 1.807) is 0 Å². The largest absolute Gasteiger partial charge is 0.290 e. The smallest absolute Gasteiger partial charge is 0.178 e. The maximum Gasteiger partial charge on any atom is 0.178 e. The summed E-state index contributed by atoms with van der Waals surface area (Å²) < 4.78 is 0. The van der Waals surface area contributed by atoms with E-state index >= 15 is 0 Å². The molecule has 3 fully saturated rings. The molecule has 0 amide bonds. The third-order valence-corrected chi connectivity index (χ3v) is 9.55. The predicted octanol–water partition coefficient (Wildman–Crippen LogP) is 5.80. The number of allylic oxidation sites excluding steroid dienone is 4. The monoisotopic (exact) mass is 344 g/mol. The SMILES string of the molecule is CC(C)S[C@H]1CC[C@H]2[C@@H]3CCC4=CC(=O)C=C[C@]4(C)[C@H]3CC[C@]12C. The van der Waals surface area contributed by atoms with E-state index in [4.69, 9.17) is 0 Å². The van der Waals surface area contributed by atoms with E-state index in [0.717, 1.165) is 34.7 Å². The van der Waals surface area contributed by atoms with Crippen molar-refractivity contribution in [2.24, 2.45) is 28.6 Å². The maximum atomic E-state index is 11.8. The van der Waals surface area contributed by atoms with Gasteiger partial charge in [0.15, 0.2) is 5.78 Å². The lowest BCUT2D eigenvalue weighted by Crippen LogP contribution is -2.50. The second-order valence-corrected chi connectivity index (χ2v) is 11.2. The predicted molar refractivity (Wildman–Crippen MR) is 103 cm³/mol. The summed E-state index contributed by atoms with van der Waals surface area (Å²) in [6, 6.07) is 0.